The van der Waals surface area contributed by atoms with Crippen LogP contribution in [0, 0.1) is 0 Å². The molecule has 1 aromatic rings. The Hall–Kier alpha value is -0.960. The lowest BCUT2D eigenvalue weighted by Gasteiger charge is -2.25. The van der Waals surface area contributed by atoms with Gasteiger partial charge < -0.3 is 0 Å². The van der Waals surface area contributed by atoms with Crippen LogP contribution in [0.15, 0.2) is 24.3 Å². The van der Waals surface area contributed by atoms with Gasteiger partial charge in [-0.1, -0.05) is 30.7 Å². The van der Waals surface area contributed by atoms with Gasteiger partial charge in [0.25, 0.3) is 0 Å². The quantitative estimate of drug-likeness (QED) is 0.581. The molecule has 0 atom stereocenters. The molecule has 1 nitrogen and oxygen atoms in total. The highest BCUT2D eigenvalue weighted by Crippen LogP contribution is 2.36. The van der Waals surface area contributed by atoms with Gasteiger partial charge in [0.1, 0.15) is 0 Å². The van der Waals surface area contributed by atoms with Crippen LogP contribution in [0.1, 0.15) is 41.1 Å². The Kier molecular flexibility index (Phi) is 2.98. The Labute approximate surface area is 97.4 Å². The number of Topliss-reactive ketones (excluding diaryl/α,β-unsaturated/α-hetero) is 1. The SMILES string of the molecule is O=C(c1ccc(C2CCC2)cc1)C(F)(F)Cl. The van der Waals surface area contributed by atoms with Crippen LogP contribution in [0.2, 0.25) is 0 Å². The minimum atomic E-state index is -3.81. The zero-order chi connectivity index (χ0) is 11.8. The van der Waals surface area contributed by atoms with Gasteiger partial charge in [0.15, 0.2) is 0 Å². The molecule has 0 unspecified atom stereocenters. The van der Waals surface area contributed by atoms with Gasteiger partial charge in [0, 0.05) is 5.56 Å². The molecule has 2 rings (SSSR count). The van der Waals surface area contributed by atoms with Crippen LogP contribution in [0.5, 0.6) is 0 Å². The fraction of sp³-hybridized carbons (Fsp3) is 0.417. The fourth-order valence-electron chi connectivity index (χ4n) is 1.81. The Balaban J connectivity index is 2.15. The van der Waals surface area contributed by atoms with Crippen molar-refractivity contribution in [1.82, 2.24) is 0 Å². The van der Waals surface area contributed by atoms with Crippen molar-refractivity contribution < 1.29 is 13.6 Å². The average molecular weight is 245 g/mol. The molecular weight excluding hydrogens is 234 g/mol. The lowest BCUT2D eigenvalue weighted by atomic mass is 9.80. The fourth-order valence-corrected chi connectivity index (χ4v) is 1.92. The van der Waals surface area contributed by atoms with Crippen molar-refractivity contribution in [3.63, 3.8) is 0 Å². The average Bonchev–Trinajstić information content (AvgIpc) is 2.14. The summed E-state index contributed by atoms with van der Waals surface area (Å²) in [7, 11) is 0. The van der Waals surface area contributed by atoms with E-state index in [4.69, 9.17) is 0 Å². The molecule has 0 aromatic heterocycles. The Morgan fingerprint density at radius 2 is 1.81 bits per heavy atom. The summed E-state index contributed by atoms with van der Waals surface area (Å²) in [6.07, 6.45) is 3.49. The van der Waals surface area contributed by atoms with Crippen LogP contribution < -0.4 is 0 Å². The predicted octanol–water partition coefficient (Wildman–Crippen LogP) is 3.97. The zero-order valence-electron chi connectivity index (χ0n) is 8.55. The third-order valence-electron chi connectivity index (χ3n) is 3.01. The number of carbonyl (C=O) groups is 1. The van der Waals surface area contributed by atoms with Crippen molar-refractivity contribution in [3.05, 3.63) is 35.4 Å². The van der Waals surface area contributed by atoms with E-state index in [1.807, 2.05) is 0 Å². The molecule has 0 aliphatic heterocycles. The van der Waals surface area contributed by atoms with Crippen LogP contribution in [-0.2, 0) is 0 Å². The first-order chi connectivity index (χ1) is 7.48. The van der Waals surface area contributed by atoms with E-state index in [0.717, 1.165) is 18.4 Å². The maximum atomic E-state index is 12.6. The Bertz CT molecular complexity index is 390. The van der Waals surface area contributed by atoms with Gasteiger partial charge in [-0.25, -0.2) is 0 Å². The molecule has 86 valence electrons. The van der Waals surface area contributed by atoms with Crippen molar-refractivity contribution in [2.75, 3.05) is 0 Å². The van der Waals surface area contributed by atoms with Crippen LogP contribution >= 0.6 is 11.6 Å². The summed E-state index contributed by atoms with van der Waals surface area (Å²) in [5.41, 5.74) is 1.07. The van der Waals surface area contributed by atoms with Gasteiger partial charge in [-0.3, -0.25) is 4.79 Å². The largest absolute Gasteiger partial charge is 0.384 e. The maximum absolute atomic E-state index is 12.6. The van der Waals surface area contributed by atoms with E-state index in [9.17, 15) is 13.6 Å². The van der Waals surface area contributed by atoms with Gasteiger partial charge >= 0.3 is 5.38 Å². The summed E-state index contributed by atoms with van der Waals surface area (Å²) in [6.45, 7) is 0. The van der Waals surface area contributed by atoms with Crippen LogP contribution in [0.25, 0.3) is 0 Å². The molecule has 1 fully saturated rings. The second-order valence-corrected chi connectivity index (χ2v) is 4.55. The van der Waals surface area contributed by atoms with E-state index >= 15 is 0 Å². The summed E-state index contributed by atoms with van der Waals surface area (Å²) in [5, 5.41) is -3.81. The van der Waals surface area contributed by atoms with Gasteiger partial charge in [-0.05, 0) is 35.9 Å². The molecule has 16 heavy (non-hydrogen) atoms. The molecule has 0 saturated heterocycles. The Morgan fingerprint density at radius 1 is 1.25 bits per heavy atom. The molecule has 1 saturated carbocycles. The Morgan fingerprint density at radius 3 is 2.19 bits per heavy atom. The predicted molar refractivity (Wildman–Crippen MR) is 58.2 cm³/mol. The molecule has 1 aliphatic rings. The third-order valence-corrected chi connectivity index (χ3v) is 3.18. The van der Waals surface area contributed by atoms with Crippen molar-refractivity contribution in [2.45, 2.75) is 30.6 Å². The van der Waals surface area contributed by atoms with Crippen molar-refractivity contribution in [1.29, 1.82) is 0 Å². The van der Waals surface area contributed by atoms with Crippen molar-refractivity contribution in [2.24, 2.45) is 0 Å². The minimum Gasteiger partial charge on any atom is -0.286 e. The summed E-state index contributed by atoms with van der Waals surface area (Å²) >= 11 is 4.68. The molecule has 1 aromatic carbocycles. The third kappa shape index (κ3) is 2.24. The monoisotopic (exact) mass is 244 g/mol. The molecule has 0 bridgehead atoms. The number of hydrogen-bond acceptors (Lipinski definition) is 1. The van der Waals surface area contributed by atoms with Gasteiger partial charge in [-0.2, -0.15) is 8.78 Å². The van der Waals surface area contributed by atoms with E-state index in [1.165, 1.54) is 18.6 Å². The van der Waals surface area contributed by atoms with Gasteiger partial charge in [-0.15, -0.1) is 0 Å². The standard InChI is InChI=1S/C12H11ClF2O/c13-12(14,15)11(16)10-6-4-9(5-7-10)8-2-1-3-8/h4-8H,1-3H2. The minimum absolute atomic E-state index is 0.0388. The maximum Gasteiger partial charge on any atom is 0.384 e. The lowest BCUT2D eigenvalue weighted by molar-refractivity contribution is 0.0536. The molecule has 0 N–H and O–H groups in total. The topological polar surface area (TPSA) is 17.1 Å². The first-order valence-electron chi connectivity index (χ1n) is 5.20. The number of benzene rings is 1. The van der Waals surface area contributed by atoms with Gasteiger partial charge in [0.2, 0.25) is 5.78 Å². The highest BCUT2D eigenvalue weighted by atomic mass is 35.5. The molecular formula is C12H11ClF2O. The van der Waals surface area contributed by atoms with E-state index in [-0.39, 0.29) is 5.56 Å². The van der Waals surface area contributed by atoms with E-state index < -0.39 is 11.2 Å². The number of rotatable bonds is 3. The summed E-state index contributed by atoms with van der Waals surface area (Å²) < 4.78 is 25.1. The first kappa shape index (κ1) is 11.5. The normalized spacial score (nSPS) is 16.9. The smallest absolute Gasteiger partial charge is 0.286 e. The van der Waals surface area contributed by atoms with Crippen molar-refractivity contribution >= 4 is 17.4 Å². The number of hydrogen-bond donors (Lipinski definition) is 0. The zero-order valence-corrected chi connectivity index (χ0v) is 9.31. The summed E-state index contributed by atoms with van der Waals surface area (Å²) in [5.74, 6) is -0.810. The van der Waals surface area contributed by atoms with Crippen molar-refractivity contribution in [3.8, 4) is 0 Å². The lowest BCUT2D eigenvalue weighted by Crippen LogP contribution is -2.21. The molecule has 0 spiro atoms. The second-order valence-electron chi connectivity index (χ2n) is 4.08. The van der Waals surface area contributed by atoms with Crippen LogP contribution in [0.3, 0.4) is 0 Å². The molecule has 0 amide bonds. The number of ketones is 1. The molecule has 1 aliphatic carbocycles. The van der Waals surface area contributed by atoms with Crippen LogP contribution in [-0.4, -0.2) is 11.2 Å². The van der Waals surface area contributed by atoms with Crippen LogP contribution in [0.4, 0.5) is 8.78 Å². The highest BCUT2D eigenvalue weighted by molar-refractivity contribution is 6.35. The number of carbonyl (C=O) groups excluding carboxylic acids is 1. The molecule has 4 heteroatoms. The van der Waals surface area contributed by atoms with Gasteiger partial charge in [0.05, 0.1) is 0 Å². The second kappa shape index (κ2) is 4.13. The highest BCUT2D eigenvalue weighted by Gasteiger charge is 2.36. The number of halogens is 3. The van der Waals surface area contributed by atoms with E-state index in [0.29, 0.717) is 5.92 Å². The summed E-state index contributed by atoms with van der Waals surface area (Å²) in [4.78, 5) is 11.1. The molecule has 0 heterocycles. The number of alkyl halides is 3. The van der Waals surface area contributed by atoms with E-state index in [1.54, 1.807) is 12.1 Å². The first-order valence-corrected chi connectivity index (χ1v) is 5.58. The summed E-state index contributed by atoms with van der Waals surface area (Å²) in [6, 6.07) is 6.32. The molecule has 0 radical (unpaired) electrons. The van der Waals surface area contributed by atoms with E-state index in [2.05, 4.69) is 11.6 Å².